The van der Waals surface area contributed by atoms with Gasteiger partial charge in [0.05, 0.1) is 6.61 Å². The molecule has 2 unspecified atom stereocenters. The van der Waals surface area contributed by atoms with Gasteiger partial charge in [0, 0.05) is 38.2 Å². The minimum atomic E-state index is 0. The lowest BCUT2D eigenvalue weighted by Crippen LogP contribution is -2.57. The highest BCUT2D eigenvalue weighted by Crippen LogP contribution is 2.11. The molecule has 1 saturated heterocycles. The highest BCUT2D eigenvalue weighted by molar-refractivity contribution is 5.85. The van der Waals surface area contributed by atoms with E-state index >= 15 is 0 Å². The van der Waals surface area contributed by atoms with Gasteiger partial charge < -0.3 is 15.0 Å². The summed E-state index contributed by atoms with van der Waals surface area (Å²) < 4.78 is 5.64. The molecule has 1 aromatic rings. The minimum Gasteiger partial charge on any atom is -0.381 e. The summed E-state index contributed by atoms with van der Waals surface area (Å²) in [5.74, 6) is 0.257. The fourth-order valence-corrected chi connectivity index (χ4v) is 2.81. The van der Waals surface area contributed by atoms with Crippen molar-refractivity contribution in [3.63, 3.8) is 0 Å². The Labute approximate surface area is 146 Å². The summed E-state index contributed by atoms with van der Waals surface area (Å²) >= 11 is 0. The number of piperazine rings is 1. The zero-order valence-corrected chi connectivity index (χ0v) is 15.0. The second kappa shape index (κ2) is 10.6. The smallest absolute Gasteiger partial charge is 0.222 e. The van der Waals surface area contributed by atoms with Gasteiger partial charge in [-0.2, -0.15) is 0 Å². The Hall–Kier alpha value is -1.10. The molecule has 0 bridgehead atoms. The fourth-order valence-electron chi connectivity index (χ4n) is 2.81. The molecule has 1 aromatic carbocycles. The first kappa shape index (κ1) is 19.9. The predicted octanol–water partition coefficient (Wildman–Crippen LogP) is 2.66. The topological polar surface area (TPSA) is 41.6 Å². The van der Waals surface area contributed by atoms with Gasteiger partial charge in [0.1, 0.15) is 0 Å². The van der Waals surface area contributed by atoms with Gasteiger partial charge in [-0.25, -0.2) is 0 Å². The number of ether oxygens (including phenoxy) is 1. The first-order valence-electron chi connectivity index (χ1n) is 8.33. The second-order valence-corrected chi connectivity index (χ2v) is 6.02. The van der Waals surface area contributed by atoms with Crippen molar-refractivity contribution in [2.24, 2.45) is 0 Å². The van der Waals surface area contributed by atoms with Crippen LogP contribution >= 0.6 is 12.4 Å². The zero-order chi connectivity index (χ0) is 15.8. The average molecular weight is 341 g/mol. The van der Waals surface area contributed by atoms with Crippen molar-refractivity contribution in [2.75, 3.05) is 26.3 Å². The summed E-state index contributed by atoms with van der Waals surface area (Å²) in [5, 5.41) is 3.40. The normalized spacial score (nSPS) is 20.9. The van der Waals surface area contributed by atoms with E-state index in [4.69, 9.17) is 4.74 Å². The highest BCUT2D eigenvalue weighted by Gasteiger charge is 2.27. The number of nitrogens with zero attached hydrogens (tertiary/aromatic N) is 1. The molecule has 1 aliphatic rings. The Balaban J connectivity index is 0.00000264. The maximum atomic E-state index is 12.3. The van der Waals surface area contributed by atoms with Crippen molar-refractivity contribution >= 4 is 18.3 Å². The van der Waals surface area contributed by atoms with Gasteiger partial charge in [0.2, 0.25) is 5.91 Å². The summed E-state index contributed by atoms with van der Waals surface area (Å²) in [6, 6.07) is 11.0. The predicted molar refractivity (Wildman–Crippen MR) is 96.1 cm³/mol. The number of hydrogen-bond acceptors (Lipinski definition) is 3. The van der Waals surface area contributed by atoms with Crippen molar-refractivity contribution < 1.29 is 9.53 Å². The lowest BCUT2D eigenvalue weighted by molar-refractivity contribution is -0.135. The van der Waals surface area contributed by atoms with E-state index in [-0.39, 0.29) is 24.4 Å². The van der Waals surface area contributed by atoms with Gasteiger partial charge >= 0.3 is 0 Å². The highest BCUT2D eigenvalue weighted by atomic mass is 35.5. The average Bonchev–Trinajstić information content (AvgIpc) is 2.54. The number of benzene rings is 1. The molecule has 1 N–H and O–H groups in total. The van der Waals surface area contributed by atoms with Gasteiger partial charge in [-0.05, 0) is 32.3 Å². The molecule has 1 heterocycles. The van der Waals surface area contributed by atoms with Crippen LogP contribution in [0.4, 0.5) is 0 Å². The quantitative estimate of drug-likeness (QED) is 0.776. The number of rotatable bonds is 7. The molecule has 4 nitrogen and oxygen atoms in total. The van der Waals surface area contributed by atoms with E-state index in [1.54, 1.807) is 0 Å². The molecule has 1 amide bonds. The van der Waals surface area contributed by atoms with Crippen molar-refractivity contribution in [3.8, 4) is 0 Å². The van der Waals surface area contributed by atoms with Crippen LogP contribution in [0.15, 0.2) is 30.3 Å². The monoisotopic (exact) mass is 340 g/mol. The third kappa shape index (κ3) is 6.50. The van der Waals surface area contributed by atoms with E-state index in [2.05, 4.69) is 31.3 Å². The second-order valence-electron chi connectivity index (χ2n) is 6.02. The lowest BCUT2D eigenvalue weighted by atomic mass is 10.1. The minimum absolute atomic E-state index is 0. The van der Waals surface area contributed by atoms with Crippen molar-refractivity contribution in [2.45, 2.75) is 45.2 Å². The van der Waals surface area contributed by atoms with Crippen molar-refractivity contribution in [3.05, 3.63) is 35.9 Å². The Bertz CT molecular complexity index is 456. The first-order valence-corrected chi connectivity index (χ1v) is 8.33. The van der Waals surface area contributed by atoms with Crippen LogP contribution in [0.3, 0.4) is 0 Å². The van der Waals surface area contributed by atoms with Gasteiger partial charge in [-0.15, -0.1) is 12.4 Å². The number of carbonyl (C=O) groups excluding carboxylic acids is 1. The van der Waals surface area contributed by atoms with Gasteiger partial charge in [-0.1, -0.05) is 30.3 Å². The number of nitrogens with one attached hydrogen (secondary N) is 1. The van der Waals surface area contributed by atoms with Gasteiger partial charge in [0.15, 0.2) is 0 Å². The number of amides is 1. The lowest BCUT2D eigenvalue weighted by Gasteiger charge is -2.38. The summed E-state index contributed by atoms with van der Waals surface area (Å²) in [5.41, 5.74) is 1.29. The molecular formula is C18H29ClN2O2. The third-order valence-corrected chi connectivity index (χ3v) is 4.41. The molecule has 5 heteroatoms. The van der Waals surface area contributed by atoms with E-state index in [9.17, 15) is 4.79 Å². The molecule has 0 saturated carbocycles. The summed E-state index contributed by atoms with van der Waals surface area (Å²) in [4.78, 5) is 14.3. The van der Waals surface area contributed by atoms with Gasteiger partial charge in [-0.3, -0.25) is 4.79 Å². The first-order chi connectivity index (χ1) is 10.7. The SMILES string of the molecule is CC1NCCN(C(=O)CCCOCCc2ccccc2)C1C.Cl. The van der Waals surface area contributed by atoms with Crippen LogP contribution in [0.2, 0.25) is 0 Å². The van der Waals surface area contributed by atoms with Crippen LogP contribution in [0.25, 0.3) is 0 Å². The van der Waals surface area contributed by atoms with Crippen LogP contribution in [-0.2, 0) is 16.0 Å². The van der Waals surface area contributed by atoms with E-state index < -0.39 is 0 Å². The maximum absolute atomic E-state index is 12.3. The van der Waals surface area contributed by atoms with Gasteiger partial charge in [0.25, 0.3) is 0 Å². The number of halogens is 1. The summed E-state index contributed by atoms with van der Waals surface area (Å²) in [6.45, 7) is 7.35. The number of hydrogen-bond donors (Lipinski definition) is 1. The molecule has 0 aromatic heterocycles. The van der Waals surface area contributed by atoms with E-state index in [0.717, 1.165) is 32.5 Å². The van der Waals surface area contributed by atoms with Crippen molar-refractivity contribution in [1.29, 1.82) is 0 Å². The maximum Gasteiger partial charge on any atom is 0.222 e. The molecule has 0 aliphatic carbocycles. The molecular weight excluding hydrogens is 312 g/mol. The molecule has 130 valence electrons. The molecule has 23 heavy (non-hydrogen) atoms. The fraction of sp³-hybridized carbons (Fsp3) is 0.611. The molecule has 1 fully saturated rings. The number of carbonyl (C=O) groups is 1. The molecule has 0 radical (unpaired) electrons. The van der Waals surface area contributed by atoms with E-state index in [1.165, 1.54) is 5.56 Å². The molecule has 0 spiro atoms. The standard InChI is InChI=1S/C18H28N2O2.ClH/c1-15-16(2)20(12-11-19-15)18(21)9-6-13-22-14-10-17-7-4-3-5-8-17;/h3-5,7-8,15-16,19H,6,9-14H2,1-2H3;1H. The Kier molecular flexibility index (Phi) is 9.22. The Morgan fingerprint density at radius 3 is 2.74 bits per heavy atom. The summed E-state index contributed by atoms with van der Waals surface area (Å²) in [6.07, 6.45) is 2.32. The van der Waals surface area contributed by atoms with Crippen LogP contribution in [0, 0.1) is 0 Å². The largest absolute Gasteiger partial charge is 0.381 e. The molecule has 1 aliphatic heterocycles. The summed E-state index contributed by atoms with van der Waals surface area (Å²) in [7, 11) is 0. The molecule has 2 atom stereocenters. The van der Waals surface area contributed by atoms with Crippen molar-refractivity contribution in [1.82, 2.24) is 10.2 Å². The Morgan fingerprint density at radius 1 is 1.26 bits per heavy atom. The van der Waals surface area contributed by atoms with Crippen LogP contribution in [0.1, 0.15) is 32.3 Å². The Morgan fingerprint density at radius 2 is 2.00 bits per heavy atom. The zero-order valence-electron chi connectivity index (χ0n) is 14.2. The molecule has 2 rings (SSSR count). The van der Waals surface area contributed by atoms with Crippen LogP contribution < -0.4 is 5.32 Å². The van der Waals surface area contributed by atoms with Crippen LogP contribution in [-0.4, -0.2) is 49.2 Å². The third-order valence-electron chi connectivity index (χ3n) is 4.41. The van der Waals surface area contributed by atoms with E-state index in [1.807, 2.05) is 23.1 Å². The van der Waals surface area contributed by atoms with Crippen LogP contribution in [0.5, 0.6) is 0 Å². The van der Waals surface area contributed by atoms with E-state index in [0.29, 0.717) is 19.1 Å².